The quantitative estimate of drug-likeness (QED) is 0.287. The van der Waals surface area contributed by atoms with E-state index in [1.54, 1.807) is 42.4 Å². The van der Waals surface area contributed by atoms with E-state index in [0.29, 0.717) is 20.1 Å². The molecule has 0 unspecified atom stereocenters. The van der Waals surface area contributed by atoms with E-state index in [0.717, 1.165) is 16.5 Å². The van der Waals surface area contributed by atoms with Crippen molar-refractivity contribution in [1.29, 1.82) is 0 Å². The van der Waals surface area contributed by atoms with E-state index in [1.165, 1.54) is 6.21 Å². The van der Waals surface area contributed by atoms with Crippen LogP contribution in [-0.2, 0) is 12.8 Å². The lowest BCUT2D eigenvalue weighted by Crippen LogP contribution is -2.17. The number of aryl methyl sites for hydroxylation is 1. The Morgan fingerprint density at radius 2 is 1.96 bits per heavy atom. The van der Waals surface area contributed by atoms with Gasteiger partial charge in [-0.25, -0.2) is 5.43 Å². The van der Waals surface area contributed by atoms with Crippen LogP contribution in [0.3, 0.4) is 0 Å². The third-order valence-electron chi connectivity index (χ3n) is 3.67. The number of benzene rings is 2. The van der Waals surface area contributed by atoms with Crippen LogP contribution in [0.25, 0.3) is 0 Å². The molecule has 10 heteroatoms. The van der Waals surface area contributed by atoms with E-state index in [9.17, 15) is 9.90 Å². The zero-order chi connectivity index (χ0) is 20.1. The van der Waals surface area contributed by atoms with Crippen LogP contribution in [0.15, 0.2) is 61.9 Å². The monoisotopic (exact) mass is 523 g/mol. The van der Waals surface area contributed by atoms with Crippen molar-refractivity contribution in [3.05, 3.63) is 68.4 Å². The Balaban J connectivity index is 1.56. The Morgan fingerprint density at radius 3 is 2.57 bits per heavy atom. The fraction of sp³-hybridized carbons (Fsp3) is 0.111. The molecule has 0 saturated carbocycles. The lowest BCUT2D eigenvalue weighted by atomic mass is 10.1. The van der Waals surface area contributed by atoms with E-state index < -0.39 is 0 Å². The number of phenols is 1. The molecule has 0 aliphatic heterocycles. The zero-order valence-electron chi connectivity index (χ0n) is 14.6. The summed E-state index contributed by atoms with van der Waals surface area (Å²) < 4.78 is 2.92. The van der Waals surface area contributed by atoms with Gasteiger partial charge in [0.1, 0.15) is 12.1 Å². The van der Waals surface area contributed by atoms with Gasteiger partial charge in [-0.2, -0.15) is 5.10 Å². The Labute approximate surface area is 182 Å². The first-order valence-electron chi connectivity index (χ1n) is 8.01. The maximum Gasteiger partial charge on any atom is 0.271 e. The van der Waals surface area contributed by atoms with Gasteiger partial charge >= 0.3 is 0 Å². The van der Waals surface area contributed by atoms with Crippen LogP contribution in [0, 0.1) is 0 Å². The number of carbonyl (C=O) groups excluding carboxylic acids is 1. The molecule has 1 amide bonds. The Hall–Kier alpha value is -2.17. The SMILES string of the molecule is Cn1cnnc1SCc1ccc(C(=O)N/N=C\c2cc(Br)c(O)c(Br)c2)cc1. The number of aromatic nitrogens is 3. The van der Waals surface area contributed by atoms with Crippen LogP contribution in [0.1, 0.15) is 21.5 Å². The minimum Gasteiger partial charge on any atom is -0.506 e. The highest BCUT2D eigenvalue weighted by molar-refractivity contribution is 9.11. The molecule has 0 saturated heterocycles. The van der Waals surface area contributed by atoms with Gasteiger partial charge in [-0.15, -0.1) is 10.2 Å². The van der Waals surface area contributed by atoms with Crippen LogP contribution in [0.5, 0.6) is 5.75 Å². The average Bonchev–Trinajstić information content (AvgIpc) is 3.09. The summed E-state index contributed by atoms with van der Waals surface area (Å²) in [4.78, 5) is 12.2. The topological polar surface area (TPSA) is 92.4 Å². The molecular formula is C18H15Br2N5O2S. The number of aromatic hydroxyl groups is 1. The van der Waals surface area contributed by atoms with Crippen molar-refractivity contribution in [3.8, 4) is 5.75 Å². The third kappa shape index (κ3) is 5.21. The summed E-state index contributed by atoms with van der Waals surface area (Å²) >= 11 is 8.08. The maximum atomic E-state index is 12.2. The fourth-order valence-corrected chi connectivity index (χ4v) is 4.26. The smallest absolute Gasteiger partial charge is 0.271 e. The Kier molecular flexibility index (Phi) is 6.87. The maximum absolute atomic E-state index is 12.2. The number of hydrogen-bond acceptors (Lipinski definition) is 6. The second-order valence-corrected chi connectivity index (χ2v) is 8.39. The van der Waals surface area contributed by atoms with Crippen LogP contribution < -0.4 is 5.43 Å². The van der Waals surface area contributed by atoms with Gasteiger partial charge in [0, 0.05) is 18.4 Å². The van der Waals surface area contributed by atoms with E-state index in [4.69, 9.17) is 0 Å². The van der Waals surface area contributed by atoms with Crippen LogP contribution in [0.2, 0.25) is 0 Å². The minimum absolute atomic E-state index is 0.110. The number of phenolic OH excluding ortho intramolecular Hbond substituents is 1. The first-order valence-corrected chi connectivity index (χ1v) is 10.6. The number of carbonyl (C=O) groups is 1. The summed E-state index contributed by atoms with van der Waals surface area (Å²) in [6, 6.07) is 10.7. The summed E-state index contributed by atoms with van der Waals surface area (Å²) in [5.41, 5.74) is 4.80. The predicted molar refractivity (Wildman–Crippen MR) is 116 cm³/mol. The number of thioether (sulfide) groups is 1. The number of hydrogen-bond donors (Lipinski definition) is 2. The number of amides is 1. The van der Waals surface area contributed by atoms with Gasteiger partial charge < -0.3 is 9.67 Å². The van der Waals surface area contributed by atoms with Gasteiger partial charge in [-0.1, -0.05) is 23.9 Å². The molecule has 144 valence electrons. The number of hydrazone groups is 1. The van der Waals surface area contributed by atoms with Crippen LogP contribution in [0.4, 0.5) is 0 Å². The van der Waals surface area contributed by atoms with Gasteiger partial charge in [-0.05, 0) is 67.3 Å². The molecule has 0 bridgehead atoms. The normalized spacial score (nSPS) is 11.1. The van der Waals surface area contributed by atoms with Crippen molar-refractivity contribution in [3.63, 3.8) is 0 Å². The molecule has 7 nitrogen and oxygen atoms in total. The summed E-state index contributed by atoms with van der Waals surface area (Å²) in [5.74, 6) is 0.538. The molecule has 0 atom stereocenters. The molecule has 1 heterocycles. The molecule has 0 radical (unpaired) electrons. The molecule has 1 aromatic heterocycles. The lowest BCUT2D eigenvalue weighted by Gasteiger charge is -2.04. The summed E-state index contributed by atoms with van der Waals surface area (Å²) in [5, 5.41) is 22.4. The molecule has 28 heavy (non-hydrogen) atoms. The number of nitrogens with zero attached hydrogens (tertiary/aromatic N) is 4. The number of halogens is 2. The van der Waals surface area contributed by atoms with E-state index in [1.807, 2.05) is 23.7 Å². The second-order valence-electron chi connectivity index (χ2n) is 5.74. The average molecular weight is 525 g/mol. The zero-order valence-corrected chi connectivity index (χ0v) is 18.6. The first kappa shape index (κ1) is 20.6. The van der Waals surface area contributed by atoms with Gasteiger partial charge in [0.25, 0.3) is 5.91 Å². The fourth-order valence-electron chi connectivity index (χ4n) is 2.19. The predicted octanol–water partition coefficient (Wildman–Crippen LogP) is 4.10. The molecule has 2 aromatic carbocycles. The van der Waals surface area contributed by atoms with E-state index in [-0.39, 0.29) is 11.7 Å². The lowest BCUT2D eigenvalue weighted by molar-refractivity contribution is 0.0955. The molecule has 0 fully saturated rings. The van der Waals surface area contributed by atoms with Crippen LogP contribution >= 0.6 is 43.6 Å². The summed E-state index contributed by atoms with van der Waals surface area (Å²) in [7, 11) is 1.89. The molecule has 0 spiro atoms. The molecule has 2 N–H and O–H groups in total. The highest BCUT2D eigenvalue weighted by Crippen LogP contribution is 2.32. The highest BCUT2D eigenvalue weighted by Gasteiger charge is 2.07. The number of rotatable bonds is 6. The standard InChI is InChI=1S/C18H15Br2N5O2S/c1-25-10-22-24-18(25)28-9-11-2-4-13(5-3-11)17(27)23-21-8-12-6-14(19)16(26)15(20)7-12/h2-8,10,26H,9H2,1H3,(H,23,27)/b21-8-. The molecule has 0 aliphatic rings. The van der Waals surface area contributed by atoms with Crippen molar-refractivity contribution in [1.82, 2.24) is 20.2 Å². The van der Waals surface area contributed by atoms with E-state index >= 15 is 0 Å². The van der Waals surface area contributed by atoms with E-state index in [2.05, 4.69) is 52.6 Å². The van der Waals surface area contributed by atoms with Gasteiger partial charge in [0.15, 0.2) is 5.16 Å². The van der Waals surface area contributed by atoms with Gasteiger partial charge in [0.05, 0.1) is 15.2 Å². The van der Waals surface area contributed by atoms with Crippen molar-refractivity contribution >= 4 is 55.7 Å². The van der Waals surface area contributed by atoms with Crippen molar-refractivity contribution < 1.29 is 9.90 Å². The third-order valence-corrected chi connectivity index (χ3v) is 5.99. The Morgan fingerprint density at radius 1 is 1.29 bits per heavy atom. The first-order chi connectivity index (χ1) is 13.4. The van der Waals surface area contributed by atoms with Crippen molar-refractivity contribution in [2.24, 2.45) is 12.1 Å². The van der Waals surface area contributed by atoms with Crippen LogP contribution in [-0.4, -0.2) is 32.0 Å². The second kappa shape index (κ2) is 9.35. The van der Waals surface area contributed by atoms with Crippen molar-refractivity contribution in [2.45, 2.75) is 10.9 Å². The van der Waals surface area contributed by atoms with Gasteiger partial charge in [-0.3, -0.25) is 4.79 Å². The summed E-state index contributed by atoms with van der Waals surface area (Å²) in [6.07, 6.45) is 3.16. The molecule has 3 aromatic rings. The molecule has 0 aliphatic carbocycles. The highest BCUT2D eigenvalue weighted by atomic mass is 79.9. The van der Waals surface area contributed by atoms with Crippen molar-refractivity contribution in [2.75, 3.05) is 0 Å². The number of nitrogens with one attached hydrogen (secondary N) is 1. The Bertz CT molecular complexity index is 998. The summed E-state index contributed by atoms with van der Waals surface area (Å²) in [6.45, 7) is 0. The minimum atomic E-state index is -0.305. The van der Waals surface area contributed by atoms with Gasteiger partial charge in [0.2, 0.25) is 0 Å². The molecule has 3 rings (SSSR count). The molecular weight excluding hydrogens is 510 g/mol. The largest absolute Gasteiger partial charge is 0.506 e.